The average molecular weight is 410 g/mol. The molecule has 5 rings (SSSR count). The van der Waals surface area contributed by atoms with Crippen molar-refractivity contribution in [1.82, 2.24) is 10.2 Å². The van der Waals surface area contributed by atoms with Crippen LogP contribution in [0, 0.1) is 0 Å². The third-order valence-corrected chi connectivity index (χ3v) is 5.48. The van der Waals surface area contributed by atoms with E-state index in [9.17, 15) is 0 Å². The molecule has 0 fully saturated rings. The summed E-state index contributed by atoms with van der Waals surface area (Å²) in [6, 6.07) is 28.1. The molecule has 146 valence electrons. The van der Waals surface area contributed by atoms with Crippen LogP contribution in [0.3, 0.4) is 0 Å². The summed E-state index contributed by atoms with van der Waals surface area (Å²) in [6.07, 6.45) is 4.11. The molecular formula is C25H19N3OS. The molecule has 2 aromatic heterocycles. The van der Waals surface area contributed by atoms with Gasteiger partial charge in [0.2, 0.25) is 0 Å². The molecule has 0 aliphatic heterocycles. The van der Waals surface area contributed by atoms with Gasteiger partial charge in [-0.15, -0.1) is 11.3 Å². The van der Waals surface area contributed by atoms with Crippen LogP contribution in [-0.4, -0.2) is 10.2 Å². The lowest BCUT2D eigenvalue weighted by molar-refractivity contribution is 0.483. The summed E-state index contributed by atoms with van der Waals surface area (Å²) in [5.74, 6) is 1.53. The normalized spacial score (nSPS) is 11.2. The van der Waals surface area contributed by atoms with Gasteiger partial charge in [0.25, 0.3) is 0 Å². The number of H-pyrrole nitrogens is 1. The second kappa shape index (κ2) is 8.27. The third-order valence-electron chi connectivity index (χ3n) is 4.64. The smallest absolute Gasteiger partial charge is 0.129 e. The number of benzene rings is 3. The monoisotopic (exact) mass is 409 g/mol. The minimum absolute atomic E-state index is 0.761. The van der Waals surface area contributed by atoms with E-state index in [-0.39, 0.29) is 0 Å². The Kier molecular flexibility index (Phi) is 5.02. The second-order valence-corrected chi connectivity index (χ2v) is 7.77. The molecule has 4 nitrogen and oxygen atoms in total. The van der Waals surface area contributed by atoms with Crippen LogP contribution in [0.2, 0.25) is 0 Å². The predicted molar refractivity (Wildman–Crippen MR) is 126 cm³/mol. The van der Waals surface area contributed by atoms with Gasteiger partial charge < -0.3 is 10.1 Å². The van der Waals surface area contributed by atoms with Gasteiger partial charge >= 0.3 is 0 Å². The van der Waals surface area contributed by atoms with Crippen molar-refractivity contribution in [2.24, 2.45) is 0 Å². The largest absolute Gasteiger partial charge is 0.457 e. The molecule has 0 bridgehead atoms. The Morgan fingerprint density at radius 1 is 0.800 bits per heavy atom. The summed E-state index contributed by atoms with van der Waals surface area (Å²) in [7, 11) is 0. The van der Waals surface area contributed by atoms with E-state index >= 15 is 0 Å². The SMILES string of the molecule is C(=C\c1n[nH]c2cc(Oc3cccc(Nc4ccccc4)c3)ccc12)/c1cccs1. The number of ether oxygens (including phenoxy) is 1. The third kappa shape index (κ3) is 4.11. The van der Waals surface area contributed by atoms with Crippen LogP contribution in [-0.2, 0) is 0 Å². The fourth-order valence-corrected chi connectivity index (χ4v) is 3.84. The minimum atomic E-state index is 0.761. The highest BCUT2D eigenvalue weighted by Gasteiger charge is 2.06. The molecule has 0 saturated heterocycles. The molecule has 3 aromatic carbocycles. The molecule has 2 N–H and O–H groups in total. The number of rotatable bonds is 6. The molecule has 0 aliphatic rings. The van der Waals surface area contributed by atoms with E-state index in [0.29, 0.717) is 0 Å². The molecule has 0 saturated carbocycles. The second-order valence-electron chi connectivity index (χ2n) is 6.79. The Labute approximate surface area is 178 Å². The van der Waals surface area contributed by atoms with Gasteiger partial charge in [0.05, 0.1) is 11.2 Å². The van der Waals surface area contributed by atoms with Crippen LogP contribution in [0.15, 0.2) is 90.3 Å². The Morgan fingerprint density at radius 3 is 2.53 bits per heavy atom. The van der Waals surface area contributed by atoms with Crippen LogP contribution in [0.4, 0.5) is 11.4 Å². The minimum Gasteiger partial charge on any atom is -0.457 e. The number of aromatic amines is 1. The van der Waals surface area contributed by atoms with E-state index in [1.54, 1.807) is 11.3 Å². The van der Waals surface area contributed by atoms with E-state index in [1.165, 1.54) is 4.88 Å². The lowest BCUT2D eigenvalue weighted by atomic mass is 10.2. The number of fused-ring (bicyclic) bond motifs is 1. The van der Waals surface area contributed by atoms with E-state index < -0.39 is 0 Å². The number of nitrogens with zero attached hydrogens (tertiary/aromatic N) is 1. The van der Waals surface area contributed by atoms with Crippen molar-refractivity contribution < 1.29 is 4.74 Å². The Morgan fingerprint density at radius 2 is 1.67 bits per heavy atom. The number of aromatic nitrogens is 2. The van der Waals surface area contributed by atoms with Crippen molar-refractivity contribution in [2.45, 2.75) is 0 Å². The van der Waals surface area contributed by atoms with Crippen molar-refractivity contribution in [2.75, 3.05) is 5.32 Å². The number of para-hydroxylation sites is 1. The number of nitrogens with one attached hydrogen (secondary N) is 2. The first-order valence-electron chi connectivity index (χ1n) is 9.63. The molecular weight excluding hydrogens is 390 g/mol. The van der Waals surface area contributed by atoms with Crippen molar-refractivity contribution in [3.8, 4) is 11.5 Å². The molecule has 5 heteroatoms. The van der Waals surface area contributed by atoms with Crippen LogP contribution >= 0.6 is 11.3 Å². The van der Waals surface area contributed by atoms with Gasteiger partial charge in [0.15, 0.2) is 0 Å². The van der Waals surface area contributed by atoms with Crippen molar-refractivity contribution >= 4 is 45.8 Å². The molecule has 0 atom stereocenters. The van der Waals surface area contributed by atoms with Crippen LogP contribution in [0.1, 0.15) is 10.6 Å². The highest BCUT2D eigenvalue weighted by Crippen LogP contribution is 2.29. The van der Waals surface area contributed by atoms with Crippen molar-refractivity contribution in [1.29, 1.82) is 0 Å². The standard InChI is InChI=1S/C25H19N3OS/c1-2-6-18(7-3-1)26-19-8-4-9-20(16-19)29-21-11-13-23-24(27-28-25(23)17-21)14-12-22-10-5-15-30-22/h1-17,26H,(H,27,28)/b14-12+. The van der Waals surface area contributed by atoms with Gasteiger partial charge in [0.1, 0.15) is 11.5 Å². The Balaban J connectivity index is 1.34. The first kappa shape index (κ1) is 18.2. The fourth-order valence-electron chi connectivity index (χ4n) is 3.22. The zero-order chi connectivity index (χ0) is 20.2. The molecule has 30 heavy (non-hydrogen) atoms. The summed E-state index contributed by atoms with van der Waals surface area (Å²) in [5.41, 5.74) is 3.87. The predicted octanol–water partition coefficient (Wildman–Crippen LogP) is 7.33. The molecule has 0 aliphatic carbocycles. The fraction of sp³-hybridized carbons (Fsp3) is 0. The van der Waals surface area contributed by atoms with Gasteiger partial charge in [-0.25, -0.2) is 0 Å². The average Bonchev–Trinajstić information content (AvgIpc) is 3.43. The number of hydrogen-bond acceptors (Lipinski definition) is 4. The van der Waals surface area contributed by atoms with E-state index in [1.807, 2.05) is 84.9 Å². The molecule has 0 radical (unpaired) electrons. The van der Waals surface area contributed by atoms with Gasteiger partial charge in [-0.2, -0.15) is 5.10 Å². The molecule has 2 heterocycles. The number of hydrogen-bond donors (Lipinski definition) is 2. The summed E-state index contributed by atoms with van der Waals surface area (Å²) >= 11 is 1.71. The Hall–Kier alpha value is -3.83. The van der Waals surface area contributed by atoms with Gasteiger partial charge in [-0.05, 0) is 60.0 Å². The molecule has 0 unspecified atom stereocenters. The lowest BCUT2D eigenvalue weighted by Gasteiger charge is -2.10. The lowest BCUT2D eigenvalue weighted by Crippen LogP contribution is -1.91. The summed E-state index contributed by atoms with van der Waals surface area (Å²) < 4.78 is 6.09. The zero-order valence-electron chi connectivity index (χ0n) is 16.1. The summed E-state index contributed by atoms with van der Waals surface area (Å²) in [5, 5.41) is 14.0. The van der Waals surface area contributed by atoms with Gasteiger partial charge in [0, 0.05) is 33.8 Å². The summed E-state index contributed by atoms with van der Waals surface area (Å²) in [6.45, 7) is 0. The molecule has 0 spiro atoms. The maximum Gasteiger partial charge on any atom is 0.129 e. The number of thiophene rings is 1. The van der Waals surface area contributed by atoms with Gasteiger partial charge in [-0.1, -0.05) is 30.3 Å². The van der Waals surface area contributed by atoms with Gasteiger partial charge in [-0.3, -0.25) is 5.10 Å². The van der Waals surface area contributed by atoms with E-state index in [2.05, 4.69) is 33.0 Å². The maximum atomic E-state index is 6.09. The quantitative estimate of drug-likeness (QED) is 0.309. The topological polar surface area (TPSA) is 49.9 Å². The summed E-state index contributed by atoms with van der Waals surface area (Å²) in [4.78, 5) is 1.20. The molecule has 0 amide bonds. The first-order chi connectivity index (χ1) is 14.8. The van der Waals surface area contributed by atoms with Crippen LogP contribution < -0.4 is 10.1 Å². The molecule has 5 aromatic rings. The van der Waals surface area contributed by atoms with E-state index in [0.717, 1.165) is 39.5 Å². The number of anilines is 2. The van der Waals surface area contributed by atoms with Crippen LogP contribution in [0.25, 0.3) is 23.1 Å². The highest BCUT2D eigenvalue weighted by atomic mass is 32.1. The first-order valence-corrected chi connectivity index (χ1v) is 10.5. The van der Waals surface area contributed by atoms with Crippen molar-refractivity contribution in [3.63, 3.8) is 0 Å². The van der Waals surface area contributed by atoms with E-state index in [4.69, 9.17) is 4.74 Å². The maximum absolute atomic E-state index is 6.09. The van der Waals surface area contributed by atoms with Crippen molar-refractivity contribution in [3.05, 3.63) is 101 Å². The zero-order valence-corrected chi connectivity index (χ0v) is 16.9. The highest BCUT2D eigenvalue weighted by molar-refractivity contribution is 7.10. The Bertz CT molecular complexity index is 1290. The van der Waals surface area contributed by atoms with Crippen LogP contribution in [0.5, 0.6) is 11.5 Å².